The van der Waals surface area contributed by atoms with E-state index in [1.54, 1.807) is 31.3 Å². The summed E-state index contributed by atoms with van der Waals surface area (Å²) in [4.78, 5) is 13.5. The fourth-order valence-corrected chi connectivity index (χ4v) is 4.10. The van der Waals surface area contributed by atoms with Crippen LogP contribution in [0.5, 0.6) is 11.5 Å². The van der Waals surface area contributed by atoms with E-state index in [2.05, 4.69) is 0 Å². The molecule has 0 saturated carbocycles. The summed E-state index contributed by atoms with van der Waals surface area (Å²) in [5.74, 6) is 1.28. The summed E-state index contributed by atoms with van der Waals surface area (Å²) in [7, 11) is -1.38. The molecule has 122 valence electrons. The molecule has 0 radical (unpaired) electrons. The maximum absolute atomic E-state index is 12.1. The molecule has 1 fully saturated rings. The SMILES string of the molecule is CCOc1ccc(OCC(=O)N(C)C2CCS(=O)(=O)C2)cc1. The lowest BCUT2D eigenvalue weighted by Crippen LogP contribution is -2.40. The molecule has 1 aliphatic rings. The number of amides is 1. The summed E-state index contributed by atoms with van der Waals surface area (Å²) in [6.07, 6.45) is 0.494. The fourth-order valence-electron chi connectivity index (χ4n) is 2.33. The van der Waals surface area contributed by atoms with Crippen molar-refractivity contribution in [2.24, 2.45) is 0 Å². The minimum absolute atomic E-state index is 0.0400. The first-order valence-corrected chi connectivity index (χ1v) is 9.05. The second-order valence-electron chi connectivity index (χ2n) is 5.25. The highest BCUT2D eigenvalue weighted by Gasteiger charge is 2.32. The van der Waals surface area contributed by atoms with Crippen LogP contribution in [0.25, 0.3) is 0 Å². The van der Waals surface area contributed by atoms with Gasteiger partial charge in [0.2, 0.25) is 0 Å². The van der Waals surface area contributed by atoms with Gasteiger partial charge in [-0.2, -0.15) is 0 Å². The van der Waals surface area contributed by atoms with Crippen LogP contribution in [0.2, 0.25) is 0 Å². The molecule has 1 aromatic carbocycles. The number of hydrogen-bond donors (Lipinski definition) is 0. The van der Waals surface area contributed by atoms with Gasteiger partial charge in [0, 0.05) is 13.1 Å². The minimum Gasteiger partial charge on any atom is -0.494 e. The van der Waals surface area contributed by atoms with E-state index in [0.717, 1.165) is 5.75 Å². The number of rotatable bonds is 6. The third-order valence-corrected chi connectivity index (χ3v) is 5.40. The van der Waals surface area contributed by atoms with E-state index in [1.807, 2.05) is 6.92 Å². The smallest absolute Gasteiger partial charge is 0.260 e. The largest absolute Gasteiger partial charge is 0.494 e. The Bertz CT molecular complexity index is 611. The molecule has 1 atom stereocenters. The lowest BCUT2D eigenvalue weighted by Gasteiger charge is -2.23. The van der Waals surface area contributed by atoms with E-state index >= 15 is 0 Å². The van der Waals surface area contributed by atoms with Crippen LogP contribution >= 0.6 is 0 Å². The average Bonchev–Trinajstić information content (AvgIpc) is 2.86. The number of likely N-dealkylation sites (N-methyl/N-ethyl adjacent to an activating group) is 1. The van der Waals surface area contributed by atoms with E-state index < -0.39 is 9.84 Å². The lowest BCUT2D eigenvalue weighted by molar-refractivity contribution is -0.133. The van der Waals surface area contributed by atoms with Gasteiger partial charge in [0.1, 0.15) is 11.5 Å². The Morgan fingerprint density at radius 2 is 1.82 bits per heavy atom. The fraction of sp³-hybridized carbons (Fsp3) is 0.533. The zero-order chi connectivity index (χ0) is 16.2. The Morgan fingerprint density at radius 1 is 1.23 bits per heavy atom. The van der Waals surface area contributed by atoms with Crippen molar-refractivity contribution < 1.29 is 22.7 Å². The predicted octanol–water partition coefficient (Wildman–Crippen LogP) is 1.11. The van der Waals surface area contributed by atoms with Gasteiger partial charge >= 0.3 is 0 Å². The Labute approximate surface area is 130 Å². The van der Waals surface area contributed by atoms with Crippen molar-refractivity contribution in [1.29, 1.82) is 0 Å². The monoisotopic (exact) mass is 327 g/mol. The highest BCUT2D eigenvalue weighted by molar-refractivity contribution is 7.91. The van der Waals surface area contributed by atoms with Gasteiger partial charge in [0.15, 0.2) is 16.4 Å². The molecule has 22 heavy (non-hydrogen) atoms. The Balaban J connectivity index is 1.84. The van der Waals surface area contributed by atoms with Crippen LogP contribution in [0.15, 0.2) is 24.3 Å². The van der Waals surface area contributed by atoms with Crippen molar-refractivity contribution in [2.75, 3.05) is 31.8 Å². The molecule has 7 heteroatoms. The van der Waals surface area contributed by atoms with Gasteiger partial charge in [-0.15, -0.1) is 0 Å². The number of nitrogens with zero attached hydrogens (tertiary/aromatic N) is 1. The molecule has 1 saturated heterocycles. The zero-order valence-corrected chi connectivity index (χ0v) is 13.6. The third kappa shape index (κ3) is 4.37. The van der Waals surface area contributed by atoms with E-state index in [-0.39, 0.29) is 30.1 Å². The number of carbonyl (C=O) groups is 1. The Kier molecular flexibility index (Phi) is 5.28. The van der Waals surface area contributed by atoms with Gasteiger partial charge in [-0.05, 0) is 37.6 Å². The van der Waals surface area contributed by atoms with Crippen LogP contribution in [0.3, 0.4) is 0 Å². The Morgan fingerprint density at radius 3 is 2.32 bits per heavy atom. The first-order valence-electron chi connectivity index (χ1n) is 7.23. The van der Waals surface area contributed by atoms with Gasteiger partial charge in [-0.3, -0.25) is 4.79 Å². The standard InChI is InChI=1S/C15H21NO5S/c1-3-20-13-4-6-14(7-5-13)21-10-15(17)16(2)12-8-9-22(18,19)11-12/h4-7,12H,3,8-11H2,1-2H3. The van der Waals surface area contributed by atoms with Crippen LogP contribution in [0.4, 0.5) is 0 Å². The van der Waals surface area contributed by atoms with E-state index in [0.29, 0.717) is 18.8 Å². The molecule has 0 N–H and O–H groups in total. The number of ether oxygens (including phenoxy) is 2. The second kappa shape index (κ2) is 7.00. The van der Waals surface area contributed by atoms with Crippen LogP contribution in [-0.2, 0) is 14.6 Å². The lowest BCUT2D eigenvalue weighted by atomic mass is 10.2. The number of benzene rings is 1. The average molecular weight is 327 g/mol. The molecule has 1 unspecified atom stereocenters. The molecule has 1 amide bonds. The summed E-state index contributed by atoms with van der Waals surface area (Å²) in [5, 5.41) is 0. The first kappa shape index (κ1) is 16.6. The summed E-state index contributed by atoms with van der Waals surface area (Å²) in [6, 6.07) is 6.77. The third-order valence-electron chi connectivity index (χ3n) is 3.65. The van der Waals surface area contributed by atoms with Crippen LogP contribution in [0.1, 0.15) is 13.3 Å². The van der Waals surface area contributed by atoms with E-state index in [4.69, 9.17) is 9.47 Å². The molecule has 1 heterocycles. The van der Waals surface area contributed by atoms with Gasteiger partial charge in [0.05, 0.1) is 18.1 Å². The van der Waals surface area contributed by atoms with Crippen molar-refractivity contribution in [3.63, 3.8) is 0 Å². The van der Waals surface area contributed by atoms with Gasteiger partial charge < -0.3 is 14.4 Å². The van der Waals surface area contributed by atoms with Gasteiger partial charge in [0.25, 0.3) is 5.91 Å². The van der Waals surface area contributed by atoms with Crippen LogP contribution < -0.4 is 9.47 Å². The Hall–Kier alpha value is -1.76. The zero-order valence-electron chi connectivity index (χ0n) is 12.8. The van der Waals surface area contributed by atoms with Crippen molar-refractivity contribution in [3.8, 4) is 11.5 Å². The summed E-state index contributed by atoms with van der Waals surface area (Å²) < 4.78 is 33.7. The van der Waals surface area contributed by atoms with Crippen LogP contribution in [0, 0.1) is 0 Å². The number of carbonyl (C=O) groups excluding carboxylic acids is 1. The van der Waals surface area contributed by atoms with Crippen molar-refractivity contribution >= 4 is 15.7 Å². The predicted molar refractivity (Wildman–Crippen MR) is 82.9 cm³/mol. The topological polar surface area (TPSA) is 72.9 Å². The molecule has 2 rings (SSSR count). The highest BCUT2D eigenvalue weighted by atomic mass is 32.2. The summed E-state index contributed by atoms with van der Waals surface area (Å²) in [6.45, 7) is 2.39. The molecular weight excluding hydrogens is 306 g/mol. The maximum Gasteiger partial charge on any atom is 0.260 e. The molecule has 0 aliphatic carbocycles. The van der Waals surface area contributed by atoms with Gasteiger partial charge in [-0.1, -0.05) is 0 Å². The quantitative estimate of drug-likeness (QED) is 0.782. The maximum atomic E-state index is 12.1. The molecular formula is C15H21NO5S. The first-order chi connectivity index (χ1) is 10.4. The van der Waals surface area contributed by atoms with Crippen LogP contribution in [-0.4, -0.2) is 57.0 Å². The van der Waals surface area contributed by atoms with E-state index in [1.165, 1.54) is 4.90 Å². The number of sulfone groups is 1. The minimum atomic E-state index is -3.00. The molecule has 6 nitrogen and oxygen atoms in total. The molecule has 0 bridgehead atoms. The highest BCUT2D eigenvalue weighted by Crippen LogP contribution is 2.19. The molecule has 0 spiro atoms. The van der Waals surface area contributed by atoms with Crippen molar-refractivity contribution in [1.82, 2.24) is 4.90 Å². The van der Waals surface area contributed by atoms with Gasteiger partial charge in [-0.25, -0.2) is 8.42 Å². The molecule has 1 aliphatic heterocycles. The molecule has 1 aromatic rings. The number of hydrogen-bond acceptors (Lipinski definition) is 5. The summed E-state index contributed by atoms with van der Waals surface area (Å²) >= 11 is 0. The van der Waals surface area contributed by atoms with E-state index in [9.17, 15) is 13.2 Å². The second-order valence-corrected chi connectivity index (χ2v) is 7.48. The van der Waals surface area contributed by atoms with Crippen molar-refractivity contribution in [3.05, 3.63) is 24.3 Å². The summed E-state index contributed by atoms with van der Waals surface area (Å²) in [5.41, 5.74) is 0. The van der Waals surface area contributed by atoms with Crippen molar-refractivity contribution in [2.45, 2.75) is 19.4 Å². The normalized spacial score (nSPS) is 19.6. The molecule has 0 aromatic heterocycles.